The number of nitrogens with one attached hydrogen (secondary N) is 1. The normalized spacial score (nSPS) is 16.9. The average Bonchev–Trinajstić information content (AvgIpc) is 3.03. The van der Waals surface area contributed by atoms with Gasteiger partial charge in [-0.25, -0.2) is 9.18 Å². The first-order valence-electron chi connectivity index (χ1n) is 14.7. The van der Waals surface area contributed by atoms with E-state index in [1.54, 1.807) is 0 Å². The molecule has 6 N–H and O–H groups in total. The van der Waals surface area contributed by atoms with E-state index in [2.05, 4.69) is 17.4 Å². The second kappa shape index (κ2) is 17.3. The van der Waals surface area contributed by atoms with E-state index in [1.807, 2.05) is 30.3 Å². The van der Waals surface area contributed by atoms with Gasteiger partial charge in [0.15, 0.2) is 11.6 Å². The number of carbonyl (C=O) groups is 2. The Kier molecular flexibility index (Phi) is 13.8. The number of carboxylic acids is 1. The van der Waals surface area contributed by atoms with Gasteiger partial charge in [0.05, 0.1) is 24.3 Å². The van der Waals surface area contributed by atoms with Crippen LogP contribution >= 0.6 is 11.6 Å². The quantitative estimate of drug-likeness (QED) is 0.136. The standard InChI is InChI=1S/C31H37ClFN3O4.C2HF3O2/c1-38-14-15-40-26-13-12-23(31(35)37)28(30(26)33)24-16-20(17-27(39-2)29(24)32)25(19-6-4-3-5-7-19)18-36-22-10-8-21(34)9-11-22;3-2(4,5)1(6)7/h3-7,12-13,16-17,21-22,25,36H,8-11,14-15,18,34H2,1-2H3,(H2,35,37);(H,6,7). The lowest BCUT2D eigenvalue weighted by molar-refractivity contribution is -0.192. The van der Waals surface area contributed by atoms with Crippen LogP contribution in [0.4, 0.5) is 17.6 Å². The summed E-state index contributed by atoms with van der Waals surface area (Å²) in [5.74, 6) is -4.06. The molecule has 47 heavy (non-hydrogen) atoms. The molecule has 0 heterocycles. The highest BCUT2D eigenvalue weighted by Gasteiger charge is 2.38. The molecule has 0 aromatic heterocycles. The van der Waals surface area contributed by atoms with Crippen molar-refractivity contribution >= 4 is 23.5 Å². The van der Waals surface area contributed by atoms with Crippen molar-refractivity contribution in [1.29, 1.82) is 0 Å². The predicted molar refractivity (Wildman–Crippen MR) is 169 cm³/mol. The van der Waals surface area contributed by atoms with Gasteiger partial charge >= 0.3 is 12.1 Å². The maximum absolute atomic E-state index is 16.0. The lowest BCUT2D eigenvalue weighted by Gasteiger charge is -2.29. The van der Waals surface area contributed by atoms with Gasteiger partial charge in [-0.2, -0.15) is 13.2 Å². The van der Waals surface area contributed by atoms with E-state index >= 15 is 4.39 Å². The lowest BCUT2D eigenvalue weighted by atomic mass is 9.86. The number of ether oxygens (including phenoxy) is 3. The number of rotatable bonds is 12. The first-order chi connectivity index (χ1) is 22.3. The second-order valence-electron chi connectivity index (χ2n) is 10.9. The summed E-state index contributed by atoms with van der Waals surface area (Å²) < 4.78 is 64.0. The number of carboxylic acid groups (broad SMARTS) is 1. The maximum Gasteiger partial charge on any atom is 0.490 e. The number of primary amides is 1. The number of halogens is 5. The third-order valence-electron chi connectivity index (χ3n) is 7.70. The summed E-state index contributed by atoms with van der Waals surface area (Å²) in [4.78, 5) is 21.3. The Morgan fingerprint density at radius 2 is 1.64 bits per heavy atom. The zero-order valence-corrected chi connectivity index (χ0v) is 26.7. The van der Waals surface area contributed by atoms with Crippen LogP contribution in [0.1, 0.15) is 53.1 Å². The summed E-state index contributed by atoms with van der Waals surface area (Å²) in [6.45, 7) is 1.04. The number of hydrogen-bond acceptors (Lipinski definition) is 7. The maximum atomic E-state index is 16.0. The van der Waals surface area contributed by atoms with Gasteiger partial charge in [-0.1, -0.05) is 41.9 Å². The summed E-state index contributed by atoms with van der Waals surface area (Å²) >= 11 is 6.77. The fourth-order valence-corrected chi connectivity index (χ4v) is 5.52. The number of nitrogens with two attached hydrogens (primary N) is 2. The molecule has 9 nitrogen and oxygen atoms in total. The lowest BCUT2D eigenvalue weighted by Crippen LogP contribution is -2.39. The van der Waals surface area contributed by atoms with E-state index in [9.17, 15) is 18.0 Å². The van der Waals surface area contributed by atoms with E-state index in [-0.39, 0.29) is 47.1 Å². The van der Waals surface area contributed by atoms with Gasteiger partial charge < -0.3 is 36.1 Å². The predicted octanol–water partition coefficient (Wildman–Crippen LogP) is 5.90. The average molecular weight is 684 g/mol. The molecular weight excluding hydrogens is 646 g/mol. The van der Waals surface area contributed by atoms with Gasteiger partial charge in [-0.05, 0) is 61.1 Å². The Balaban J connectivity index is 0.000000771. The van der Waals surface area contributed by atoms with Crippen molar-refractivity contribution in [2.24, 2.45) is 11.5 Å². The zero-order chi connectivity index (χ0) is 34.7. The summed E-state index contributed by atoms with van der Waals surface area (Å²) in [6, 6.07) is 17.2. The van der Waals surface area contributed by atoms with Crippen molar-refractivity contribution in [2.75, 3.05) is 34.0 Å². The molecule has 0 saturated heterocycles. The van der Waals surface area contributed by atoms with Crippen LogP contribution < -0.4 is 26.3 Å². The molecule has 1 amide bonds. The fourth-order valence-electron chi connectivity index (χ4n) is 5.24. The second-order valence-corrected chi connectivity index (χ2v) is 11.3. The van der Waals surface area contributed by atoms with Crippen molar-refractivity contribution in [3.05, 3.63) is 82.1 Å². The van der Waals surface area contributed by atoms with Gasteiger partial charge in [-0.3, -0.25) is 4.79 Å². The molecule has 1 aliphatic carbocycles. The molecule has 1 aliphatic rings. The molecule has 4 rings (SSSR count). The minimum atomic E-state index is -5.08. The molecule has 1 atom stereocenters. The van der Waals surface area contributed by atoms with Crippen LogP contribution in [-0.4, -0.2) is 69.2 Å². The SMILES string of the molecule is COCCOc1ccc(C(N)=O)c(-c2cc(C(CNC3CCC(N)CC3)c3ccccc3)cc(OC)c2Cl)c1F.O=C(O)C(F)(F)F. The number of amides is 1. The summed E-state index contributed by atoms with van der Waals surface area (Å²) in [5, 5.41) is 11.0. The molecule has 1 saturated carbocycles. The first kappa shape index (κ1) is 37.5. The van der Waals surface area contributed by atoms with Gasteiger partial charge in [0.2, 0.25) is 5.91 Å². The van der Waals surface area contributed by atoms with Gasteiger partial charge in [0.25, 0.3) is 0 Å². The highest BCUT2D eigenvalue weighted by Crippen LogP contribution is 2.43. The van der Waals surface area contributed by atoms with Crippen LogP contribution in [0.3, 0.4) is 0 Å². The van der Waals surface area contributed by atoms with Gasteiger partial charge in [0, 0.05) is 42.8 Å². The Morgan fingerprint density at radius 3 is 2.19 bits per heavy atom. The molecule has 256 valence electrons. The van der Waals surface area contributed by atoms with E-state index in [4.69, 9.17) is 47.2 Å². The molecule has 0 spiro atoms. The smallest absolute Gasteiger partial charge is 0.490 e. The molecule has 3 aromatic rings. The van der Waals surface area contributed by atoms with Crippen molar-refractivity contribution in [3.63, 3.8) is 0 Å². The van der Waals surface area contributed by atoms with Crippen LogP contribution in [0.15, 0.2) is 54.6 Å². The first-order valence-corrected chi connectivity index (χ1v) is 15.1. The number of benzene rings is 3. The molecule has 0 aliphatic heterocycles. The monoisotopic (exact) mass is 683 g/mol. The molecule has 0 bridgehead atoms. The third kappa shape index (κ3) is 10.3. The minimum absolute atomic E-state index is 0.00868. The fraction of sp³-hybridized carbons (Fsp3) is 0.394. The summed E-state index contributed by atoms with van der Waals surface area (Å²) in [5.41, 5.74) is 14.0. The topological polar surface area (TPSA) is 146 Å². The molecule has 3 aromatic carbocycles. The Hall–Kier alpha value is -3.91. The summed E-state index contributed by atoms with van der Waals surface area (Å²) in [6.07, 6.45) is -1.07. The van der Waals surface area contributed by atoms with Crippen LogP contribution in [-0.2, 0) is 9.53 Å². The number of hydrogen-bond donors (Lipinski definition) is 4. The van der Waals surface area contributed by atoms with Gasteiger partial charge in [-0.15, -0.1) is 0 Å². The van der Waals surface area contributed by atoms with Crippen LogP contribution in [0.5, 0.6) is 11.5 Å². The van der Waals surface area contributed by atoms with E-state index in [0.717, 1.165) is 36.8 Å². The molecule has 1 unspecified atom stereocenters. The molecule has 0 radical (unpaired) electrons. The molecule has 1 fully saturated rings. The minimum Gasteiger partial charge on any atom is -0.495 e. The third-order valence-corrected chi connectivity index (χ3v) is 8.09. The summed E-state index contributed by atoms with van der Waals surface area (Å²) in [7, 11) is 3.03. The molecule has 14 heteroatoms. The molecular formula is C33H38ClF4N3O6. The Labute approximate surface area is 275 Å². The van der Waals surface area contributed by atoms with Crippen LogP contribution in [0.25, 0.3) is 11.1 Å². The van der Waals surface area contributed by atoms with Crippen molar-refractivity contribution in [1.82, 2.24) is 5.32 Å². The van der Waals surface area contributed by atoms with Crippen molar-refractivity contribution < 1.29 is 46.5 Å². The Morgan fingerprint density at radius 1 is 1.00 bits per heavy atom. The number of alkyl halides is 3. The van der Waals surface area contributed by atoms with Crippen LogP contribution in [0.2, 0.25) is 5.02 Å². The van der Waals surface area contributed by atoms with Crippen molar-refractivity contribution in [2.45, 2.75) is 49.9 Å². The van der Waals surface area contributed by atoms with Crippen LogP contribution in [0, 0.1) is 5.82 Å². The van der Waals surface area contributed by atoms with E-state index < -0.39 is 23.9 Å². The highest BCUT2D eigenvalue weighted by atomic mass is 35.5. The van der Waals surface area contributed by atoms with Crippen molar-refractivity contribution in [3.8, 4) is 22.6 Å². The zero-order valence-electron chi connectivity index (χ0n) is 25.9. The Bertz CT molecular complexity index is 1500. The number of methoxy groups -OCH3 is 2. The van der Waals surface area contributed by atoms with Gasteiger partial charge in [0.1, 0.15) is 12.4 Å². The largest absolute Gasteiger partial charge is 0.495 e. The highest BCUT2D eigenvalue weighted by molar-refractivity contribution is 6.35. The van der Waals surface area contributed by atoms with E-state index in [1.165, 1.54) is 26.4 Å². The number of aliphatic carboxylic acids is 1. The number of carbonyl (C=O) groups excluding carboxylic acids is 1. The van der Waals surface area contributed by atoms with E-state index in [0.29, 0.717) is 23.9 Å².